The van der Waals surface area contributed by atoms with Gasteiger partial charge in [-0.3, -0.25) is 4.79 Å². The van der Waals surface area contributed by atoms with Crippen molar-refractivity contribution in [2.75, 3.05) is 14.2 Å². The van der Waals surface area contributed by atoms with Crippen molar-refractivity contribution in [1.82, 2.24) is 0 Å². The molecule has 4 heteroatoms. The molecule has 0 bridgehead atoms. The van der Waals surface area contributed by atoms with Crippen LogP contribution in [0.3, 0.4) is 0 Å². The first-order valence-corrected chi connectivity index (χ1v) is 5.95. The molecule has 0 spiro atoms. The topological polar surface area (TPSA) is 59.3 Å². The summed E-state index contributed by atoms with van der Waals surface area (Å²) in [5.74, 6) is 0.998. The molecule has 0 N–H and O–H groups in total. The molecule has 0 amide bonds. The lowest BCUT2D eigenvalue weighted by Gasteiger charge is -2.12. The van der Waals surface area contributed by atoms with Gasteiger partial charge in [0.15, 0.2) is 6.29 Å². The van der Waals surface area contributed by atoms with E-state index in [0.717, 1.165) is 17.4 Å². The Bertz CT molecular complexity index is 687. The second-order valence-corrected chi connectivity index (χ2v) is 4.07. The minimum atomic E-state index is 0.460. The molecule has 0 fully saturated rings. The zero-order valence-electron chi connectivity index (χ0n) is 11.2. The molecule has 0 atom stereocenters. The second kappa shape index (κ2) is 5.89. The van der Waals surface area contributed by atoms with Crippen LogP contribution < -0.4 is 9.47 Å². The second-order valence-electron chi connectivity index (χ2n) is 4.07. The van der Waals surface area contributed by atoms with Crippen molar-refractivity contribution in [2.24, 2.45) is 0 Å². The maximum absolute atomic E-state index is 11.0. The van der Waals surface area contributed by atoms with Crippen LogP contribution in [-0.4, -0.2) is 20.5 Å². The lowest BCUT2D eigenvalue weighted by atomic mass is 10.00. The third-order valence-corrected chi connectivity index (χ3v) is 3.01. The molecule has 0 aliphatic rings. The number of carbonyl (C=O) groups excluding carboxylic acids is 1. The van der Waals surface area contributed by atoms with Crippen molar-refractivity contribution in [3.05, 3.63) is 47.5 Å². The van der Waals surface area contributed by atoms with Crippen LogP contribution in [-0.2, 0) is 0 Å². The molecule has 0 aromatic heterocycles. The minimum absolute atomic E-state index is 0.460. The summed E-state index contributed by atoms with van der Waals surface area (Å²) in [6.07, 6.45) is 0.753. The number of hydrogen-bond donors (Lipinski definition) is 0. The van der Waals surface area contributed by atoms with Gasteiger partial charge in [0.25, 0.3) is 0 Å². The number of benzene rings is 2. The summed E-state index contributed by atoms with van der Waals surface area (Å²) >= 11 is 0. The van der Waals surface area contributed by atoms with Gasteiger partial charge in [-0.05, 0) is 23.8 Å². The van der Waals surface area contributed by atoms with Crippen LogP contribution in [0.25, 0.3) is 11.1 Å². The fourth-order valence-electron chi connectivity index (χ4n) is 2.05. The van der Waals surface area contributed by atoms with E-state index in [1.165, 1.54) is 14.2 Å². The lowest BCUT2D eigenvalue weighted by molar-refractivity contribution is 0.112. The summed E-state index contributed by atoms with van der Waals surface area (Å²) in [7, 11) is 3.03. The third-order valence-electron chi connectivity index (χ3n) is 3.01. The van der Waals surface area contributed by atoms with E-state index < -0.39 is 0 Å². The van der Waals surface area contributed by atoms with Crippen LogP contribution in [0, 0.1) is 11.3 Å². The molecule has 2 rings (SSSR count). The number of nitrogens with zero attached hydrogens (tertiary/aromatic N) is 1. The third kappa shape index (κ3) is 2.34. The molecule has 0 heterocycles. The van der Waals surface area contributed by atoms with E-state index in [-0.39, 0.29) is 0 Å². The Kier molecular flexibility index (Phi) is 4.02. The highest BCUT2D eigenvalue weighted by atomic mass is 16.5. The van der Waals surface area contributed by atoms with Gasteiger partial charge in [0, 0.05) is 5.56 Å². The van der Waals surface area contributed by atoms with Gasteiger partial charge < -0.3 is 9.47 Å². The number of aldehydes is 1. The van der Waals surface area contributed by atoms with E-state index in [4.69, 9.17) is 14.7 Å². The SMILES string of the molecule is COc1cc(-c2cccc(C=O)c2OC)ccc1C#N. The van der Waals surface area contributed by atoms with E-state index >= 15 is 0 Å². The predicted octanol–water partition coefficient (Wildman–Crippen LogP) is 3.05. The van der Waals surface area contributed by atoms with Crippen molar-refractivity contribution < 1.29 is 14.3 Å². The maximum atomic E-state index is 11.0. The quantitative estimate of drug-likeness (QED) is 0.799. The number of ether oxygens (including phenoxy) is 2. The summed E-state index contributed by atoms with van der Waals surface area (Å²) in [5, 5.41) is 8.99. The van der Waals surface area contributed by atoms with Crippen molar-refractivity contribution >= 4 is 6.29 Å². The Morgan fingerprint density at radius 2 is 1.95 bits per heavy atom. The van der Waals surface area contributed by atoms with Crippen LogP contribution >= 0.6 is 0 Å². The predicted molar refractivity (Wildman–Crippen MR) is 75.1 cm³/mol. The van der Waals surface area contributed by atoms with E-state index in [9.17, 15) is 4.79 Å². The van der Waals surface area contributed by atoms with Gasteiger partial charge in [0.2, 0.25) is 0 Å². The van der Waals surface area contributed by atoms with E-state index in [1.54, 1.807) is 30.3 Å². The Labute approximate surface area is 117 Å². The summed E-state index contributed by atoms with van der Waals surface area (Å²) in [6.45, 7) is 0. The number of rotatable bonds is 4. The Hall–Kier alpha value is -2.80. The largest absolute Gasteiger partial charge is 0.495 e. The number of carbonyl (C=O) groups is 1. The van der Waals surface area contributed by atoms with E-state index in [0.29, 0.717) is 22.6 Å². The van der Waals surface area contributed by atoms with Crippen molar-refractivity contribution in [3.8, 4) is 28.7 Å². The molecule has 0 saturated carbocycles. The maximum Gasteiger partial charge on any atom is 0.153 e. The smallest absolute Gasteiger partial charge is 0.153 e. The molecule has 4 nitrogen and oxygen atoms in total. The first-order valence-electron chi connectivity index (χ1n) is 5.95. The Morgan fingerprint density at radius 1 is 1.15 bits per heavy atom. The standard InChI is InChI=1S/C16H13NO3/c1-19-15-8-11(6-7-12(15)9-17)14-5-3-4-13(10-18)16(14)20-2/h3-8,10H,1-2H3. The number of methoxy groups -OCH3 is 2. The monoisotopic (exact) mass is 267 g/mol. The number of hydrogen-bond acceptors (Lipinski definition) is 4. The highest BCUT2D eigenvalue weighted by Crippen LogP contribution is 2.35. The summed E-state index contributed by atoms with van der Waals surface area (Å²) in [4.78, 5) is 11.0. The van der Waals surface area contributed by atoms with Crippen LogP contribution in [0.4, 0.5) is 0 Å². The normalized spacial score (nSPS) is 9.65. The molecule has 0 unspecified atom stereocenters. The molecular formula is C16H13NO3. The van der Waals surface area contributed by atoms with Gasteiger partial charge in [0.05, 0.1) is 25.3 Å². The van der Waals surface area contributed by atoms with Gasteiger partial charge in [-0.15, -0.1) is 0 Å². The minimum Gasteiger partial charge on any atom is -0.495 e. The summed E-state index contributed by atoms with van der Waals surface area (Å²) in [6, 6.07) is 12.6. The zero-order valence-corrected chi connectivity index (χ0v) is 11.2. The van der Waals surface area contributed by atoms with Gasteiger partial charge in [0.1, 0.15) is 17.6 Å². The van der Waals surface area contributed by atoms with Crippen LogP contribution in [0.2, 0.25) is 0 Å². The average molecular weight is 267 g/mol. The first-order chi connectivity index (χ1) is 9.74. The van der Waals surface area contributed by atoms with Crippen LogP contribution in [0.1, 0.15) is 15.9 Å². The van der Waals surface area contributed by atoms with Crippen molar-refractivity contribution in [2.45, 2.75) is 0 Å². The molecule has 0 aliphatic heterocycles. The molecule has 0 saturated heterocycles. The van der Waals surface area contributed by atoms with Crippen molar-refractivity contribution in [1.29, 1.82) is 5.26 Å². The zero-order chi connectivity index (χ0) is 14.5. The molecule has 20 heavy (non-hydrogen) atoms. The summed E-state index contributed by atoms with van der Waals surface area (Å²) < 4.78 is 10.5. The average Bonchev–Trinajstić information content (AvgIpc) is 2.53. The highest BCUT2D eigenvalue weighted by molar-refractivity contribution is 5.86. The highest BCUT2D eigenvalue weighted by Gasteiger charge is 2.12. The summed E-state index contributed by atoms with van der Waals surface area (Å²) in [5.41, 5.74) is 2.54. The first kappa shape index (κ1) is 13.6. The molecular weight excluding hydrogens is 254 g/mol. The fraction of sp³-hybridized carbons (Fsp3) is 0.125. The molecule has 2 aromatic carbocycles. The number of nitriles is 1. The fourth-order valence-corrected chi connectivity index (χ4v) is 2.05. The van der Waals surface area contributed by atoms with E-state index in [2.05, 4.69) is 6.07 Å². The lowest BCUT2D eigenvalue weighted by Crippen LogP contribution is -1.95. The molecule has 100 valence electrons. The molecule has 0 radical (unpaired) electrons. The van der Waals surface area contributed by atoms with Gasteiger partial charge in [-0.1, -0.05) is 18.2 Å². The van der Waals surface area contributed by atoms with Gasteiger partial charge in [-0.25, -0.2) is 0 Å². The molecule has 2 aromatic rings. The van der Waals surface area contributed by atoms with Crippen molar-refractivity contribution in [3.63, 3.8) is 0 Å². The Balaban J connectivity index is 2.63. The van der Waals surface area contributed by atoms with E-state index in [1.807, 2.05) is 6.07 Å². The Morgan fingerprint density at radius 3 is 2.55 bits per heavy atom. The molecule has 0 aliphatic carbocycles. The van der Waals surface area contributed by atoms with Gasteiger partial charge in [-0.2, -0.15) is 5.26 Å². The van der Waals surface area contributed by atoms with Gasteiger partial charge >= 0.3 is 0 Å². The van der Waals surface area contributed by atoms with Crippen LogP contribution in [0.5, 0.6) is 11.5 Å². The van der Waals surface area contributed by atoms with Crippen LogP contribution in [0.15, 0.2) is 36.4 Å². The number of para-hydroxylation sites is 1.